The van der Waals surface area contributed by atoms with E-state index in [9.17, 15) is 9.59 Å². The van der Waals surface area contributed by atoms with Crippen molar-refractivity contribution in [3.8, 4) is 17.1 Å². The number of ether oxygens (including phenoxy) is 1. The van der Waals surface area contributed by atoms with Crippen LogP contribution in [-0.4, -0.2) is 21.2 Å². The van der Waals surface area contributed by atoms with Crippen LogP contribution in [0.3, 0.4) is 0 Å². The molecule has 0 aromatic heterocycles. The zero-order valence-electron chi connectivity index (χ0n) is 12.8. The van der Waals surface area contributed by atoms with Crippen molar-refractivity contribution in [1.82, 2.24) is 14.1 Å². The Bertz CT molecular complexity index is 964. The molecule has 6 heteroatoms. The zero-order chi connectivity index (χ0) is 16.0. The van der Waals surface area contributed by atoms with Crippen molar-refractivity contribution >= 4 is 0 Å². The van der Waals surface area contributed by atoms with Gasteiger partial charge in [-0.2, -0.15) is 0 Å². The quantitative estimate of drug-likeness (QED) is 0.782. The molecule has 2 aliphatic heterocycles. The minimum absolute atomic E-state index is 0.312. The smallest absolute Gasteiger partial charge is 0.340 e. The normalized spacial score (nSPS) is 14.0. The van der Waals surface area contributed by atoms with E-state index in [-0.39, 0.29) is 11.2 Å². The molecule has 1 aromatic rings. The Morgan fingerprint density at radius 2 is 1.96 bits per heavy atom. The van der Waals surface area contributed by atoms with Crippen molar-refractivity contribution in [3.63, 3.8) is 0 Å². The van der Waals surface area contributed by atoms with Crippen molar-refractivity contribution in [2.75, 3.05) is 7.11 Å². The third kappa shape index (κ3) is 2.02. The van der Waals surface area contributed by atoms with Gasteiger partial charge < -0.3 is 9.72 Å². The lowest BCUT2D eigenvalue weighted by Gasteiger charge is -2.18. The molecule has 118 valence electrons. The van der Waals surface area contributed by atoms with Crippen LogP contribution < -0.4 is 16.0 Å². The minimum atomic E-state index is -0.314. The van der Waals surface area contributed by atoms with Gasteiger partial charge in [0.25, 0.3) is 5.56 Å². The summed E-state index contributed by atoms with van der Waals surface area (Å²) in [6, 6.07) is 6.98. The number of imidazole rings is 1. The number of rotatable bonds is 2. The van der Waals surface area contributed by atoms with Crippen LogP contribution in [-0.2, 0) is 12.8 Å². The number of hydrogen-bond acceptors (Lipinski definition) is 3. The number of H-pyrrole nitrogens is 1. The van der Waals surface area contributed by atoms with Gasteiger partial charge in [-0.1, -0.05) is 6.07 Å². The summed E-state index contributed by atoms with van der Waals surface area (Å²) in [5.74, 6) is 0.609. The van der Waals surface area contributed by atoms with E-state index < -0.39 is 0 Å². The number of nitrogens with zero attached hydrogens (tertiary/aromatic N) is 2. The van der Waals surface area contributed by atoms with Crippen molar-refractivity contribution in [3.05, 3.63) is 62.7 Å². The Kier molecular flexibility index (Phi) is 3.11. The van der Waals surface area contributed by atoms with Gasteiger partial charge in [0.05, 0.1) is 12.8 Å². The Labute approximate surface area is 132 Å². The van der Waals surface area contributed by atoms with Crippen LogP contribution in [0.5, 0.6) is 5.75 Å². The fourth-order valence-electron chi connectivity index (χ4n) is 3.31. The number of methoxy groups -OCH3 is 1. The standard InChI is InChI=1S/C17H17N3O3/c1-23-12-6-4-5-11(9-12)19-16(21)15-10-18-13-7-2-3-8-14(13)20(15)17(19)22/h4-6,9-10,18H,2-3,7-8H2,1H3. The average Bonchev–Trinajstić information content (AvgIpc) is 2.86. The molecule has 3 aliphatic rings. The molecule has 23 heavy (non-hydrogen) atoms. The maximum absolute atomic E-state index is 12.9. The van der Waals surface area contributed by atoms with E-state index in [1.807, 2.05) is 0 Å². The average molecular weight is 311 g/mol. The lowest BCUT2D eigenvalue weighted by Crippen LogP contribution is -2.27. The van der Waals surface area contributed by atoms with Crippen LogP contribution >= 0.6 is 0 Å². The van der Waals surface area contributed by atoms with Gasteiger partial charge >= 0.3 is 5.69 Å². The predicted octanol–water partition coefficient (Wildman–Crippen LogP) is 1.64. The fourth-order valence-corrected chi connectivity index (χ4v) is 3.31. The van der Waals surface area contributed by atoms with Crippen LogP contribution in [0.1, 0.15) is 24.2 Å². The van der Waals surface area contributed by atoms with Gasteiger partial charge in [0.15, 0.2) is 0 Å². The molecule has 0 saturated heterocycles. The molecule has 0 unspecified atom stereocenters. The molecule has 4 rings (SSSR count). The second kappa shape index (κ2) is 5.15. The molecule has 0 saturated carbocycles. The molecule has 0 amide bonds. The summed E-state index contributed by atoms with van der Waals surface area (Å²) in [6.45, 7) is 0. The second-order valence-corrected chi connectivity index (χ2v) is 5.77. The summed E-state index contributed by atoms with van der Waals surface area (Å²) < 4.78 is 7.96. The number of aryl methyl sites for hydroxylation is 1. The molecule has 1 N–H and O–H groups in total. The van der Waals surface area contributed by atoms with Gasteiger partial charge in [-0.05, 0) is 37.8 Å². The summed E-state index contributed by atoms with van der Waals surface area (Å²) in [5, 5.41) is 0. The van der Waals surface area contributed by atoms with Crippen LogP contribution in [0, 0.1) is 0 Å². The molecule has 0 fully saturated rings. The number of aromatic nitrogens is 3. The van der Waals surface area contributed by atoms with Crippen molar-refractivity contribution < 1.29 is 4.74 Å². The largest absolute Gasteiger partial charge is 0.497 e. The third-order valence-electron chi connectivity index (χ3n) is 4.45. The topological polar surface area (TPSA) is 69.0 Å². The van der Waals surface area contributed by atoms with E-state index in [4.69, 9.17) is 4.74 Å². The Morgan fingerprint density at radius 1 is 1.13 bits per heavy atom. The highest BCUT2D eigenvalue weighted by Gasteiger charge is 2.24. The van der Waals surface area contributed by atoms with E-state index in [0.717, 1.165) is 37.1 Å². The SMILES string of the molecule is COc1cccc(-n2c(=O)c3c[nH]c4c(n-3c2=O)CCCC4)c1. The van der Waals surface area contributed by atoms with Gasteiger partial charge in [0.1, 0.15) is 11.4 Å². The first-order chi connectivity index (χ1) is 11.2. The highest BCUT2D eigenvalue weighted by molar-refractivity contribution is 5.44. The van der Waals surface area contributed by atoms with E-state index >= 15 is 0 Å². The summed E-state index contributed by atoms with van der Waals surface area (Å²) in [6.07, 6.45) is 5.50. The lowest BCUT2D eigenvalue weighted by molar-refractivity contribution is 0.414. The molecule has 0 spiro atoms. The summed E-state index contributed by atoms with van der Waals surface area (Å²) in [4.78, 5) is 28.8. The molecule has 0 atom stereocenters. The van der Waals surface area contributed by atoms with Gasteiger partial charge in [0, 0.05) is 23.7 Å². The van der Waals surface area contributed by atoms with Crippen LogP contribution in [0.2, 0.25) is 0 Å². The second-order valence-electron chi connectivity index (χ2n) is 5.77. The lowest BCUT2D eigenvalue weighted by atomic mass is 10.00. The molecule has 0 bridgehead atoms. The first-order valence-electron chi connectivity index (χ1n) is 7.72. The van der Waals surface area contributed by atoms with Gasteiger partial charge in [-0.15, -0.1) is 0 Å². The first kappa shape index (κ1) is 13.9. The van der Waals surface area contributed by atoms with Crippen LogP contribution in [0.4, 0.5) is 0 Å². The van der Waals surface area contributed by atoms with E-state index in [1.165, 1.54) is 4.57 Å². The summed E-state index contributed by atoms with van der Waals surface area (Å²) >= 11 is 0. The molecule has 1 aliphatic carbocycles. The molecule has 6 nitrogen and oxygen atoms in total. The fraction of sp³-hybridized carbons (Fsp3) is 0.294. The van der Waals surface area contributed by atoms with Crippen molar-refractivity contribution in [1.29, 1.82) is 0 Å². The van der Waals surface area contributed by atoms with E-state index in [1.54, 1.807) is 42.1 Å². The molecular formula is C17H17N3O3. The molecular weight excluding hydrogens is 294 g/mol. The third-order valence-corrected chi connectivity index (χ3v) is 4.45. The van der Waals surface area contributed by atoms with Crippen LogP contribution in [0.15, 0.2) is 40.1 Å². The summed E-state index contributed by atoms with van der Waals surface area (Å²) in [5.41, 5.74) is 2.26. The van der Waals surface area contributed by atoms with Gasteiger partial charge in [0.2, 0.25) is 0 Å². The maximum atomic E-state index is 12.9. The number of benzene rings is 1. The molecule has 0 radical (unpaired) electrons. The Morgan fingerprint density at radius 3 is 2.78 bits per heavy atom. The Balaban J connectivity index is 2.03. The summed E-state index contributed by atoms with van der Waals surface area (Å²) in [7, 11) is 1.56. The van der Waals surface area contributed by atoms with E-state index in [0.29, 0.717) is 17.1 Å². The zero-order valence-corrected chi connectivity index (χ0v) is 12.8. The number of hydrogen-bond donors (Lipinski definition) is 1. The monoisotopic (exact) mass is 311 g/mol. The van der Waals surface area contributed by atoms with Crippen molar-refractivity contribution in [2.45, 2.75) is 25.7 Å². The number of aromatic amines is 1. The highest BCUT2D eigenvalue weighted by atomic mass is 16.5. The highest BCUT2D eigenvalue weighted by Crippen LogP contribution is 2.22. The predicted molar refractivity (Wildman–Crippen MR) is 86.4 cm³/mol. The molecule has 1 aromatic carbocycles. The van der Waals surface area contributed by atoms with Crippen LogP contribution in [0.25, 0.3) is 11.4 Å². The molecule has 2 heterocycles. The van der Waals surface area contributed by atoms with Gasteiger partial charge in [-0.3, -0.25) is 9.36 Å². The minimum Gasteiger partial charge on any atom is -0.497 e. The van der Waals surface area contributed by atoms with Gasteiger partial charge in [-0.25, -0.2) is 9.36 Å². The number of fused-ring (bicyclic) bond motifs is 3. The number of nitrogens with one attached hydrogen (secondary N) is 1. The Hall–Kier alpha value is -2.76. The maximum Gasteiger partial charge on any atom is 0.340 e. The van der Waals surface area contributed by atoms with E-state index in [2.05, 4.69) is 4.98 Å². The van der Waals surface area contributed by atoms with Crippen molar-refractivity contribution in [2.24, 2.45) is 0 Å². The first-order valence-corrected chi connectivity index (χ1v) is 7.72.